The lowest BCUT2D eigenvalue weighted by atomic mass is 10.1. The number of carbonyl (C=O) groups is 2. The number of hydrogen-bond acceptors (Lipinski definition) is 7. The number of thioether (sulfide) groups is 1. The van der Waals surface area contributed by atoms with Crippen LogP contribution in [-0.2, 0) is 4.79 Å². The third kappa shape index (κ3) is 4.11. The van der Waals surface area contributed by atoms with Crippen LogP contribution >= 0.6 is 24.0 Å². The van der Waals surface area contributed by atoms with E-state index in [2.05, 4.69) is 0 Å². The second kappa shape index (κ2) is 8.17. The average molecular weight is 452 g/mol. The molecule has 0 spiro atoms. The SMILES string of the molecule is O=C(O)c1cccc(N2C(=O)/C(=C\c3ccc(-c4cccc([N+](=O)[O-])c4)o3)SC2=S)c1. The molecule has 0 unspecified atom stereocenters. The summed E-state index contributed by atoms with van der Waals surface area (Å²) in [5.41, 5.74) is 0.887. The number of anilines is 1. The predicted octanol–water partition coefficient (Wildman–Crippen LogP) is 4.96. The number of nitro benzene ring substituents is 1. The van der Waals surface area contributed by atoms with E-state index in [9.17, 15) is 24.8 Å². The number of furan rings is 1. The van der Waals surface area contributed by atoms with Gasteiger partial charge in [0.25, 0.3) is 11.6 Å². The van der Waals surface area contributed by atoms with Crippen LogP contribution in [0.4, 0.5) is 11.4 Å². The molecule has 3 aromatic rings. The Morgan fingerprint density at radius 2 is 1.94 bits per heavy atom. The van der Waals surface area contributed by atoms with Crippen molar-refractivity contribution < 1.29 is 24.0 Å². The number of amides is 1. The summed E-state index contributed by atoms with van der Waals surface area (Å²) in [7, 11) is 0. The van der Waals surface area contributed by atoms with Gasteiger partial charge in [0.1, 0.15) is 11.5 Å². The molecule has 2 heterocycles. The van der Waals surface area contributed by atoms with Crippen LogP contribution in [0, 0.1) is 10.1 Å². The Hall–Kier alpha value is -3.76. The van der Waals surface area contributed by atoms with E-state index in [1.807, 2.05) is 0 Å². The number of benzene rings is 2. The fourth-order valence-electron chi connectivity index (χ4n) is 2.96. The lowest BCUT2D eigenvalue weighted by Crippen LogP contribution is -2.27. The molecule has 31 heavy (non-hydrogen) atoms. The number of non-ortho nitro benzene ring substituents is 1. The van der Waals surface area contributed by atoms with Gasteiger partial charge in [-0.25, -0.2) is 4.79 Å². The van der Waals surface area contributed by atoms with Crippen LogP contribution in [0.15, 0.2) is 70.0 Å². The van der Waals surface area contributed by atoms with E-state index < -0.39 is 16.8 Å². The number of thiocarbonyl (C=S) groups is 1. The molecule has 0 atom stereocenters. The molecule has 0 saturated carbocycles. The number of rotatable bonds is 5. The minimum atomic E-state index is -1.10. The molecular formula is C21H12N2O6S2. The third-order valence-electron chi connectivity index (χ3n) is 4.39. The molecule has 1 fully saturated rings. The Morgan fingerprint density at radius 1 is 1.16 bits per heavy atom. The molecule has 10 heteroatoms. The lowest BCUT2D eigenvalue weighted by molar-refractivity contribution is -0.384. The molecule has 1 N–H and O–H groups in total. The van der Waals surface area contributed by atoms with Gasteiger partial charge in [0.15, 0.2) is 4.32 Å². The number of aromatic carboxylic acids is 1. The summed E-state index contributed by atoms with van der Waals surface area (Å²) in [5, 5.41) is 20.1. The van der Waals surface area contributed by atoms with Gasteiger partial charge < -0.3 is 9.52 Å². The number of nitrogens with zero attached hydrogens (tertiary/aromatic N) is 2. The van der Waals surface area contributed by atoms with E-state index in [4.69, 9.17) is 16.6 Å². The van der Waals surface area contributed by atoms with Crippen molar-refractivity contribution in [3.63, 3.8) is 0 Å². The lowest BCUT2D eigenvalue weighted by Gasteiger charge is -2.14. The Balaban J connectivity index is 1.61. The van der Waals surface area contributed by atoms with Crippen molar-refractivity contribution in [2.75, 3.05) is 4.90 Å². The summed E-state index contributed by atoms with van der Waals surface area (Å²) >= 11 is 6.38. The van der Waals surface area contributed by atoms with Crippen LogP contribution in [0.1, 0.15) is 16.1 Å². The predicted molar refractivity (Wildman–Crippen MR) is 120 cm³/mol. The molecule has 8 nitrogen and oxygen atoms in total. The van der Waals surface area contributed by atoms with Crippen molar-refractivity contribution in [3.8, 4) is 11.3 Å². The highest BCUT2D eigenvalue weighted by Gasteiger charge is 2.34. The Morgan fingerprint density at radius 3 is 2.68 bits per heavy atom. The molecule has 1 aliphatic rings. The fourth-order valence-corrected chi connectivity index (χ4v) is 4.23. The first-order valence-electron chi connectivity index (χ1n) is 8.79. The summed E-state index contributed by atoms with van der Waals surface area (Å²) in [6, 6.07) is 15.3. The third-order valence-corrected chi connectivity index (χ3v) is 5.69. The van der Waals surface area contributed by atoms with Gasteiger partial charge in [-0.05, 0) is 30.3 Å². The summed E-state index contributed by atoms with van der Waals surface area (Å²) in [6.07, 6.45) is 1.53. The van der Waals surface area contributed by atoms with Gasteiger partial charge in [-0.15, -0.1) is 0 Å². The molecular weight excluding hydrogens is 440 g/mol. The average Bonchev–Trinajstić information content (AvgIpc) is 3.32. The summed E-state index contributed by atoms with van der Waals surface area (Å²) in [4.78, 5) is 36.2. The summed E-state index contributed by atoms with van der Waals surface area (Å²) in [6.45, 7) is 0. The van der Waals surface area contributed by atoms with Crippen LogP contribution in [0.2, 0.25) is 0 Å². The largest absolute Gasteiger partial charge is 0.478 e. The molecule has 1 saturated heterocycles. The van der Waals surface area contributed by atoms with Crippen LogP contribution in [0.5, 0.6) is 0 Å². The van der Waals surface area contributed by atoms with Crippen LogP contribution < -0.4 is 4.90 Å². The molecule has 1 aliphatic heterocycles. The first kappa shape index (κ1) is 20.5. The minimum absolute atomic E-state index is 0.0446. The van der Waals surface area contributed by atoms with Crippen LogP contribution in [0.25, 0.3) is 17.4 Å². The smallest absolute Gasteiger partial charge is 0.335 e. The number of hydrogen-bond donors (Lipinski definition) is 1. The molecule has 154 valence electrons. The highest BCUT2D eigenvalue weighted by atomic mass is 32.2. The van der Waals surface area contributed by atoms with Crippen molar-refractivity contribution >= 4 is 57.6 Å². The van der Waals surface area contributed by atoms with Crippen LogP contribution in [0.3, 0.4) is 0 Å². The Bertz CT molecular complexity index is 1280. The number of carboxylic acids is 1. The van der Waals surface area contributed by atoms with Gasteiger partial charge >= 0.3 is 5.97 Å². The monoisotopic (exact) mass is 452 g/mol. The van der Waals surface area contributed by atoms with Gasteiger partial charge in [-0.1, -0.05) is 42.2 Å². The molecule has 0 bridgehead atoms. The first-order valence-corrected chi connectivity index (χ1v) is 10.0. The first-order chi connectivity index (χ1) is 14.8. The maximum Gasteiger partial charge on any atom is 0.335 e. The van der Waals surface area contributed by atoms with E-state index in [0.717, 1.165) is 11.8 Å². The molecule has 1 amide bonds. The van der Waals surface area contributed by atoms with Crippen molar-refractivity contribution in [3.05, 3.63) is 87.0 Å². The Labute approximate surface area is 184 Å². The molecule has 0 aliphatic carbocycles. The standard InChI is InChI=1S/C21H12N2O6S2/c24-19-18(31-21(30)22(19)14-5-2-4-13(10-14)20(25)26)11-16-7-8-17(29-16)12-3-1-6-15(9-12)23(27)28/h1-11H,(H,25,26)/b18-11+. The minimum Gasteiger partial charge on any atom is -0.478 e. The van der Waals surface area contributed by atoms with Crippen LogP contribution in [-0.4, -0.2) is 26.2 Å². The number of carboxylic acid groups (broad SMARTS) is 1. The second-order valence-electron chi connectivity index (χ2n) is 6.38. The van der Waals surface area contributed by atoms with E-state index in [0.29, 0.717) is 27.7 Å². The fraction of sp³-hybridized carbons (Fsp3) is 0. The Kier molecular flexibility index (Phi) is 5.40. The van der Waals surface area contributed by atoms with Gasteiger partial charge in [-0.2, -0.15) is 0 Å². The highest BCUT2D eigenvalue weighted by molar-refractivity contribution is 8.27. The zero-order chi connectivity index (χ0) is 22.1. The van der Waals surface area contributed by atoms with Crippen molar-refractivity contribution in [2.45, 2.75) is 0 Å². The van der Waals surface area contributed by atoms with E-state index in [1.165, 1.54) is 35.2 Å². The zero-order valence-electron chi connectivity index (χ0n) is 15.6. The number of carbonyl (C=O) groups excluding carboxylic acids is 1. The molecule has 1 aromatic heterocycles. The maximum atomic E-state index is 12.9. The van der Waals surface area contributed by atoms with Gasteiger partial charge in [0.05, 0.1) is 21.1 Å². The molecule has 2 aromatic carbocycles. The highest BCUT2D eigenvalue weighted by Crippen LogP contribution is 2.37. The van der Waals surface area contributed by atoms with Gasteiger partial charge in [0.2, 0.25) is 0 Å². The summed E-state index contributed by atoms with van der Waals surface area (Å²) in [5.74, 6) is -0.709. The molecule has 0 radical (unpaired) electrons. The number of nitro groups is 1. The maximum absolute atomic E-state index is 12.9. The van der Waals surface area contributed by atoms with Crippen molar-refractivity contribution in [1.82, 2.24) is 0 Å². The van der Waals surface area contributed by atoms with Crippen molar-refractivity contribution in [1.29, 1.82) is 0 Å². The second-order valence-corrected chi connectivity index (χ2v) is 8.06. The topological polar surface area (TPSA) is 114 Å². The zero-order valence-corrected chi connectivity index (χ0v) is 17.2. The normalized spacial score (nSPS) is 15.0. The van der Waals surface area contributed by atoms with Gasteiger partial charge in [0, 0.05) is 23.8 Å². The summed E-state index contributed by atoms with van der Waals surface area (Å²) < 4.78 is 6.01. The van der Waals surface area contributed by atoms with Gasteiger partial charge in [-0.3, -0.25) is 19.8 Å². The van der Waals surface area contributed by atoms with E-state index in [-0.39, 0.29) is 15.6 Å². The van der Waals surface area contributed by atoms with E-state index >= 15 is 0 Å². The van der Waals surface area contributed by atoms with Crippen molar-refractivity contribution in [2.24, 2.45) is 0 Å². The van der Waals surface area contributed by atoms with E-state index in [1.54, 1.807) is 36.4 Å². The molecule has 4 rings (SSSR count). The quantitative estimate of drug-likeness (QED) is 0.250.